The first-order chi connectivity index (χ1) is 7.77. The van der Waals surface area contributed by atoms with Gasteiger partial charge in [0.15, 0.2) is 0 Å². The molecule has 1 unspecified atom stereocenters. The largest absolute Gasteiger partial charge is 0.340 e. The van der Waals surface area contributed by atoms with E-state index in [9.17, 15) is 4.79 Å². The average molecular weight is 225 g/mol. The average Bonchev–Trinajstić information content (AvgIpc) is 2.33. The van der Waals surface area contributed by atoms with Crippen molar-refractivity contribution >= 4 is 5.91 Å². The van der Waals surface area contributed by atoms with Crippen molar-refractivity contribution in [1.29, 1.82) is 0 Å². The highest BCUT2D eigenvalue weighted by Gasteiger charge is 2.24. The number of likely N-dealkylation sites (tertiary alicyclic amines) is 1. The van der Waals surface area contributed by atoms with Crippen LogP contribution in [0.4, 0.5) is 0 Å². The smallest absolute Gasteiger partial charge is 0.224 e. The molecule has 0 spiro atoms. The van der Waals surface area contributed by atoms with Crippen LogP contribution in [0.5, 0.6) is 0 Å². The lowest BCUT2D eigenvalue weighted by Gasteiger charge is -2.34. The van der Waals surface area contributed by atoms with E-state index in [0.717, 1.165) is 39.1 Å². The zero-order chi connectivity index (χ0) is 11.4. The van der Waals surface area contributed by atoms with Gasteiger partial charge in [0, 0.05) is 38.6 Å². The molecule has 16 heavy (non-hydrogen) atoms. The number of carbonyl (C=O) groups excluding carboxylic acids is 1. The Morgan fingerprint density at radius 3 is 2.69 bits per heavy atom. The second-order valence-corrected chi connectivity index (χ2v) is 4.97. The number of hydrogen-bond donors (Lipinski definition) is 1. The number of piperazine rings is 1. The molecule has 92 valence electrons. The van der Waals surface area contributed by atoms with Crippen molar-refractivity contribution in [2.24, 2.45) is 0 Å². The summed E-state index contributed by atoms with van der Waals surface area (Å²) in [5, 5.41) is 3.28. The number of nitrogens with one attached hydrogen (secondary N) is 1. The molecule has 4 nitrogen and oxygen atoms in total. The van der Waals surface area contributed by atoms with E-state index in [2.05, 4.69) is 17.3 Å². The molecule has 0 aromatic heterocycles. The molecule has 2 saturated heterocycles. The van der Waals surface area contributed by atoms with Crippen LogP contribution >= 0.6 is 0 Å². The number of carbonyl (C=O) groups is 1. The highest BCUT2D eigenvalue weighted by Crippen LogP contribution is 2.18. The summed E-state index contributed by atoms with van der Waals surface area (Å²) in [5.74, 6) is 0.347. The van der Waals surface area contributed by atoms with Crippen molar-refractivity contribution in [3.63, 3.8) is 0 Å². The number of rotatable bonds is 2. The molecule has 2 heterocycles. The Morgan fingerprint density at radius 2 is 2.00 bits per heavy atom. The summed E-state index contributed by atoms with van der Waals surface area (Å²) in [5.41, 5.74) is 0. The molecule has 2 aliphatic rings. The number of hydrogen-bond acceptors (Lipinski definition) is 3. The van der Waals surface area contributed by atoms with E-state index in [1.165, 1.54) is 19.3 Å². The molecule has 2 aliphatic heterocycles. The van der Waals surface area contributed by atoms with Gasteiger partial charge in [0.2, 0.25) is 5.91 Å². The van der Waals surface area contributed by atoms with Crippen molar-refractivity contribution in [2.45, 2.75) is 31.7 Å². The zero-order valence-electron chi connectivity index (χ0n) is 10.2. The van der Waals surface area contributed by atoms with E-state index in [0.29, 0.717) is 11.9 Å². The van der Waals surface area contributed by atoms with Gasteiger partial charge in [-0.05, 0) is 26.4 Å². The lowest BCUT2D eigenvalue weighted by atomic mass is 9.99. The maximum Gasteiger partial charge on any atom is 0.224 e. The second-order valence-electron chi connectivity index (χ2n) is 4.97. The predicted molar refractivity (Wildman–Crippen MR) is 64.3 cm³/mol. The number of amides is 1. The summed E-state index contributed by atoms with van der Waals surface area (Å²) >= 11 is 0. The SMILES string of the molecule is CN1CCCCC1CC(=O)N1CCNCC1. The van der Waals surface area contributed by atoms with Crippen molar-refractivity contribution < 1.29 is 4.79 Å². The Labute approximate surface area is 98.0 Å². The minimum Gasteiger partial charge on any atom is -0.340 e. The maximum absolute atomic E-state index is 12.1. The normalized spacial score (nSPS) is 28.1. The first-order valence-electron chi connectivity index (χ1n) is 6.46. The summed E-state index contributed by atoms with van der Waals surface area (Å²) in [4.78, 5) is 16.4. The van der Waals surface area contributed by atoms with Gasteiger partial charge in [-0.1, -0.05) is 6.42 Å². The maximum atomic E-state index is 12.1. The van der Waals surface area contributed by atoms with Crippen molar-refractivity contribution in [1.82, 2.24) is 15.1 Å². The van der Waals surface area contributed by atoms with E-state index >= 15 is 0 Å². The molecular formula is C12H23N3O. The topological polar surface area (TPSA) is 35.6 Å². The van der Waals surface area contributed by atoms with Crippen LogP contribution in [-0.2, 0) is 4.79 Å². The minimum atomic E-state index is 0.347. The van der Waals surface area contributed by atoms with Crippen LogP contribution in [0.1, 0.15) is 25.7 Å². The van der Waals surface area contributed by atoms with E-state index < -0.39 is 0 Å². The van der Waals surface area contributed by atoms with Crippen molar-refractivity contribution in [2.75, 3.05) is 39.8 Å². The molecule has 1 N–H and O–H groups in total. The summed E-state index contributed by atoms with van der Waals surface area (Å²) in [6.07, 6.45) is 4.48. The molecular weight excluding hydrogens is 202 g/mol. The first-order valence-corrected chi connectivity index (χ1v) is 6.46. The Balaban J connectivity index is 1.80. The van der Waals surface area contributed by atoms with Crippen LogP contribution in [0.25, 0.3) is 0 Å². The number of nitrogens with zero attached hydrogens (tertiary/aromatic N) is 2. The van der Waals surface area contributed by atoms with Gasteiger partial charge in [-0.25, -0.2) is 0 Å². The monoisotopic (exact) mass is 225 g/mol. The van der Waals surface area contributed by atoms with Gasteiger partial charge >= 0.3 is 0 Å². The molecule has 2 fully saturated rings. The van der Waals surface area contributed by atoms with Crippen molar-refractivity contribution in [3.05, 3.63) is 0 Å². The highest BCUT2D eigenvalue weighted by molar-refractivity contribution is 5.77. The van der Waals surface area contributed by atoms with E-state index in [4.69, 9.17) is 0 Å². The lowest BCUT2D eigenvalue weighted by Crippen LogP contribution is -2.48. The second kappa shape index (κ2) is 5.64. The van der Waals surface area contributed by atoms with Crippen LogP contribution in [-0.4, -0.2) is 61.5 Å². The minimum absolute atomic E-state index is 0.347. The molecule has 0 aromatic rings. The van der Waals surface area contributed by atoms with Crippen LogP contribution in [0.2, 0.25) is 0 Å². The lowest BCUT2D eigenvalue weighted by molar-refractivity contribution is -0.133. The molecule has 2 rings (SSSR count). The van der Waals surface area contributed by atoms with E-state index in [1.54, 1.807) is 0 Å². The molecule has 1 atom stereocenters. The van der Waals surface area contributed by atoms with Crippen molar-refractivity contribution in [3.8, 4) is 0 Å². The zero-order valence-corrected chi connectivity index (χ0v) is 10.2. The molecule has 0 bridgehead atoms. The quantitative estimate of drug-likeness (QED) is 0.734. The van der Waals surface area contributed by atoms with Gasteiger partial charge in [-0.15, -0.1) is 0 Å². The molecule has 0 aliphatic carbocycles. The van der Waals surface area contributed by atoms with Crippen LogP contribution in [0, 0.1) is 0 Å². The fraction of sp³-hybridized carbons (Fsp3) is 0.917. The molecule has 1 amide bonds. The highest BCUT2D eigenvalue weighted by atomic mass is 16.2. The van der Waals surface area contributed by atoms with Crippen LogP contribution < -0.4 is 5.32 Å². The Bertz CT molecular complexity index is 238. The fourth-order valence-corrected chi connectivity index (χ4v) is 2.65. The van der Waals surface area contributed by atoms with Gasteiger partial charge in [0.1, 0.15) is 0 Å². The summed E-state index contributed by atoms with van der Waals surface area (Å²) < 4.78 is 0. The van der Waals surface area contributed by atoms with Gasteiger partial charge in [0.25, 0.3) is 0 Å². The van der Waals surface area contributed by atoms with E-state index in [1.807, 2.05) is 4.90 Å². The Morgan fingerprint density at radius 1 is 1.25 bits per heavy atom. The Kier molecular flexibility index (Phi) is 4.18. The predicted octanol–water partition coefficient (Wildman–Crippen LogP) is 0.293. The van der Waals surface area contributed by atoms with Gasteiger partial charge in [-0.3, -0.25) is 4.79 Å². The third-order valence-electron chi connectivity index (χ3n) is 3.80. The molecule has 0 aromatic carbocycles. The summed E-state index contributed by atoms with van der Waals surface area (Å²) in [6, 6.07) is 0.483. The summed E-state index contributed by atoms with van der Waals surface area (Å²) in [6.45, 7) is 4.82. The number of piperidine rings is 1. The third-order valence-corrected chi connectivity index (χ3v) is 3.80. The van der Waals surface area contributed by atoms with Crippen LogP contribution in [0.3, 0.4) is 0 Å². The first kappa shape index (κ1) is 11.9. The van der Waals surface area contributed by atoms with E-state index in [-0.39, 0.29) is 0 Å². The summed E-state index contributed by atoms with van der Waals surface area (Å²) in [7, 11) is 2.15. The van der Waals surface area contributed by atoms with Gasteiger partial charge in [0.05, 0.1) is 0 Å². The Hall–Kier alpha value is -0.610. The van der Waals surface area contributed by atoms with Gasteiger partial charge < -0.3 is 15.1 Å². The van der Waals surface area contributed by atoms with Crippen LogP contribution in [0.15, 0.2) is 0 Å². The molecule has 0 radical (unpaired) electrons. The fourth-order valence-electron chi connectivity index (χ4n) is 2.65. The molecule has 4 heteroatoms. The molecule has 0 saturated carbocycles. The van der Waals surface area contributed by atoms with Gasteiger partial charge in [-0.2, -0.15) is 0 Å². The standard InChI is InChI=1S/C12H23N3O/c1-14-7-3-2-4-11(14)10-12(16)15-8-5-13-6-9-15/h11,13H,2-10H2,1H3. The third kappa shape index (κ3) is 2.95.